The summed E-state index contributed by atoms with van der Waals surface area (Å²) in [5, 5.41) is 11.4. The number of carbonyl (C=O) groups is 1. The fourth-order valence-corrected chi connectivity index (χ4v) is 1.58. The molecular weight excluding hydrogens is 277 g/mol. The Morgan fingerprint density at radius 1 is 1.35 bits per heavy atom. The number of halogens is 3. The minimum Gasteiger partial charge on any atom is -0.376 e. The summed E-state index contributed by atoms with van der Waals surface area (Å²) in [6.07, 6.45) is -4.89. The molecule has 0 saturated heterocycles. The third-order valence-corrected chi connectivity index (χ3v) is 2.78. The lowest BCUT2D eigenvalue weighted by Gasteiger charge is -2.11. The lowest BCUT2D eigenvalue weighted by atomic mass is 10.2. The Hall–Kier alpha value is -2.03. The van der Waals surface area contributed by atoms with Gasteiger partial charge in [-0.3, -0.25) is 4.79 Å². The average Bonchev–Trinajstić information content (AvgIpc) is 2.79. The molecule has 20 heavy (non-hydrogen) atoms. The predicted octanol–water partition coefficient (Wildman–Crippen LogP) is 1.62. The summed E-state index contributed by atoms with van der Waals surface area (Å²) in [7, 11) is 1.47. The van der Waals surface area contributed by atoms with E-state index in [9.17, 15) is 18.0 Å². The van der Waals surface area contributed by atoms with Crippen LogP contribution in [-0.2, 0) is 15.7 Å². The molecule has 0 aromatic carbocycles. The number of hydrogen-bond donors (Lipinski definition) is 0. The highest BCUT2D eigenvalue weighted by Crippen LogP contribution is 2.28. The van der Waals surface area contributed by atoms with Crippen molar-refractivity contribution in [1.82, 2.24) is 10.2 Å². The van der Waals surface area contributed by atoms with Crippen LogP contribution in [0.3, 0.4) is 0 Å². The largest absolute Gasteiger partial charge is 0.435 e. The van der Waals surface area contributed by atoms with Gasteiger partial charge in [0.1, 0.15) is 0 Å². The molecule has 2 heterocycles. The highest BCUT2D eigenvalue weighted by atomic mass is 19.4. The van der Waals surface area contributed by atoms with E-state index in [1.54, 1.807) is 6.92 Å². The number of carbonyl (C=O) groups excluding carboxylic acids is 1. The van der Waals surface area contributed by atoms with E-state index in [-0.39, 0.29) is 18.3 Å². The minimum absolute atomic E-state index is 0.0394. The Bertz CT molecular complexity index is 542. The fourth-order valence-electron chi connectivity index (χ4n) is 1.58. The van der Waals surface area contributed by atoms with E-state index in [4.69, 9.17) is 4.74 Å². The maximum atomic E-state index is 12.4. The Morgan fingerprint density at radius 2 is 2.05 bits per heavy atom. The molecule has 0 bridgehead atoms. The molecule has 0 radical (unpaired) electrons. The SMILES string of the molecule is COC(C)C1=NN(c2ccc(C(F)(F)F)nn2)C(=O)C1. The van der Waals surface area contributed by atoms with Crippen LogP contribution in [0.15, 0.2) is 17.2 Å². The molecule has 1 amide bonds. The molecule has 9 heteroatoms. The third kappa shape index (κ3) is 2.77. The van der Waals surface area contributed by atoms with Crippen molar-refractivity contribution in [2.75, 3.05) is 12.1 Å². The molecule has 0 aliphatic carbocycles. The summed E-state index contributed by atoms with van der Waals surface area (Å²) in [4.78, 5) is 11.8. The highest BCUT2D eigenvalue weighted by Gasteiger charge is 2.34. The molecule has 0 spiro atoms. The molecule has 1 unspecified atom stereocenters. The average molecular weight is 288 g/mol. The molecule has 1 aliphatic heterocycles. The van der Waals surface area contributed by atoms with E-state index >= 15 is 0 Å². The zero-order chi connectivity index (χ0) is 14.9. The van der Waals surface area contributed by atoms with Crippen molar-refractivity contribution in [2.45, 2.75) is 25.6 Å². The summed E-state index contributed by atoms with van der Waals surface area (Å²) >= 11 is 0. The maximum Gasteiger partial charge on any atom is 0.435 e. The number of anilines is 1. The van der Waals surface area contributed by atoms with Crippen molar-refractivity contribution in [3.63, 3.8) is 0 Å². The lowest BCUT2D eigenvalue weighted by Crippen LogP contribution is -2.22. The number of rotatable bonds is 3. The number of hydrogen-bond acceptors (Lipinski definition) is 5. The van der Waals surface area contributed by atoms with E-state index < -0.39 is 17.8 Å². The van der Waals surface area contributed by atoms with Gasteiger partial charge >= 0.3 is 6.18 Å². The van der Waals surface area contributed by atoms with E-state index in [1.165, 1.54) is 7.11 Å². The molecule has 1 aliphatic rings. The summed E-state index contributed by atoms with van der Waals surface area (Å²) < 4.78 is 42.1. The molecule has 108 valence electrons. The first kappa shape index (κ1) is 14.4. The smallest absolute Gasteiger partial charge is 0.376 e. The number of amides is 1. The fraction of sp³-hybridized carbons (Fsp3) is 0.455. The van der Waals surface area contributed by atoms with Crippen LogP contribution in [0.2, 0.25) is 0 Å². The van der Waals surface area contributed by atoms with E-state index in [0.29, 0.717) is 5.71 Å². The first-order chi connectivity index (χ1) is 9.32. The Labute approximate surface area is 112 Å². The summed E-state index contributed by atoms with van der Waals surface area (Å²) in [5.74, 6) is -0.445. The molecule has 1 aromatic rings. The number of hydrazone groups is 1. The molecule has 0 fully saturated rings. The number of alkyl halides is 3. The van der Waals surface area contributed by atoms with E-state index in [2.05, 4.69) is 15.3 Å². The Morgan fingerprint density at radius 3 is 2.55 bits per heavy atom. The first-order valence-electron chi connectivity index (χ1n) is 5.67. The van der Waals surface area contributed by atoms with Gasteiger partial charge in [0.25, 0.3) is 5.91 Å². The molecule has 0 saturated carbocycles. The summed E-state index contributed by atoms with van der Waals surface area (Å²) in [5.41, 5.74) is -0.637. The van der Waals surface area contributed by atoms with Crippen LogP contribution in [0.5, 0.6) is 0 Å². The van der Waals surface area contributed by atoms with Gasteiger partial charge in [0, 0.05) is 7.11 Å². The predicted molar refractivity (Wildman–Crippen MR) is 63.0 cm³/mol. The number of ether oxygens (including phenoxy) is 1. The first-order valence-corrected chi connectivity index (χ1v) is 5.67. The molecule has 1 atom stereocenters. The van der Waals surface area contributed by atoms with Crippen molar-refractivity contribution in [2.24, 2.45) is 5.10 Å². The zero-order valence-electron chi connectivity index (χ0n) is 10.7. The standard InChI is InChI=1S/C11H11F3N4O2/c1-6(20-2)7-5-10(19)18(17-7)9-4-3-8(15-16-9)11(12,13)14/h3-4,6H,5H2,1-2H3. The van der Waals surface area contributed by atoms with Crippen molar-refractivity contribution in [1.29, 1.82) is 0 Å². The van der Waals surface area contributed by atoms with Crippen LogP contribution in [0.1, 0.15) is 19.0 Å². The van der Waals surface area contributed by atoms with Gasteiger partial charge in [-0.25, -0.2) is 0 Å². The van der Waals surface area contributed by atoms with Gasteiger partial charge in [-0.05, 0) is 19.1 Å². The van der Waals surface area contributed by atoms with Gasteiger partial charge in [-0.2, -0.15) is 23.3 Å². The molecule has 6 nitrogen and oxygen atoms in total. The van der Waals surface area contributed by atoms with Gasteiger partial charge in [0.15, 0.2) is 11.5 Å². The van der Waals surface area contributed by atoms with Gasteiger partial charge in [-0.1, -0.05) is 0 Å². The second kappa shape index (κ2) is 5.16. The normalized spacial score (nSPS) is 17.4. The van der Waals surface area contributed by atoms with Crippen LogP contribution < -0.4 is 5.01 Å². The highest BCUT2D eigenvalue weighted by molar-refractivity contribution is 6.14. The van der Waals surface area contributed by atoms with Gasteiger partial charge in [0.2, 0.25) is 0 Å². The molecule has 0 N–H and O–H groups in total. The van der Waals surface area contributed by atoms with Crippen molar-refractivity contribution in [3.8, 4) is 0 Å². The lowest BCUT2D eigenvalue weighted by molar-refractivity contribution is -0.141. The maximum absolute atomic E-state index is 12.4. The molecular formula is C11H11F3N4O2. The van der Waals surface area contributed by atoms with E-state index in [1.807, 2.05) is 0 Å². The van der Waals surface area contributed by atoms with Crippen molar-refractivity contribution < 1.29 is 22.7 Å². The van der Waals surface area contributed by atoms with Crippen LogP contribution in [0, 0.1) is 0 Å². The molecule has 2 rings (SSSR count). The van der Waals surface area contributed by atoms with Crippen LogP contribution in [0.4, 0.5) is 19.0 Å². The summed E-state index contributed by atoms with van der Waals surface area (Å²) in [6.45, 7) is 1.72. The van der Waals surface area contributed by atoms with Crippen LogP contribution >= 0.6 is 0 Å². The second-order valence-electron chi connectivity index (χ2n) is 4.13. The Balaban J connectivity index is 2.24. The van der Waals surface area contributed by atoms with Gasteiger partial charge in [0.05, 0.1) is 18.2 Å². The quantitative estimate of drug-likeness (QED) is 0.847. The number of aromatic nitrogens is 2. The molecule has 1 aromatic heterocycles. The zero-order valence-corrected chi connectivity index (χ0v) is 10.7. The number of methoxy groups -OCH3 is 1. The topological polar surface area (TPSA) is 67.7 Å². The second-order valence-corrected chi connectivity index (χ2v) is 4.13. The van der Waals surface area contributed by atoms with Gasteiger partial charge < -0.3 is 4.74 Å². The monoisotopic (exact) mass is 288 g/mol. The van der Waals surface area contributed by atoms with Crippen molar-refractivity contribution >= 4 is 17.4 Å². The van der Waals surface area contributed by atoms with Crippen LogP contribution in [0.25, 0.3) is 0 Å². The van der Waals surface area contributed by atoms with Crippen molar-refractivity contribution in [3.05, 3.63) is 17.8 Å². The summed E-state index contributed by atoms with van der Waals surface area (Å²) in [6, 6.07) is 1.81. The van der Waals surface area contributed by atoms with E-state index in [0.717, 1.165) is 17.1 Å². The van der Waals surface area contributed by atoms with Gasteiger partial charge in [-0.15, -0.1) is 10.2 Å². The van der Waals surface area contributed by atoms with Crippen LogP contribution in [-0.4, -0.2) is 35.0 Å². The minimum atomic E-state index is -4.57. The number of nitrogens with zero attached hydrogens (tertiary/aromatic N) is 4. The third-order valence-electron chi connectivity index (χ3n) is 2.78. The Kier molecular flexibility index (Phi) is 3.71.